The van der Waals surface area contributed by atoms with Crippen molar-refractivity contribution in [3.63, 3.8) is 0 Å². The number of nitro benzene ring substituents is 1. The first kappa shape index (κ1) is 15.6. The Morgan fingerprint density at radius 2 is 2.33 bits per heavy atom. The first-order valence-electron chi connectivity index (χ1n) is 6.47. The largest absolute Gasteiger partial charge is 0.391 e. The van der Waals surface area contributed by atoms with Gasteiger partial charge in [0.25, 0.3) is 5.69 Å². The van der Waals surface area contributed by atoms with Crippen LogP contribution < -0.4 is 5.32 Å². The number of hydrogen-bond acceptors (Lipinski definition) is 7. The summed E-state index contributed by atoms with van der Waals surface area (Å²) in [7, 11) is 1.51. The number of ether oxygens (including phenoxy) is 1. The van der Waals surface area contributed by atoms with Crippen LogP contribution in [0, 0.1) is 17.0 Å². The lowest BCUT2D eigenvalue weighted by Crippen LogP contribution is -2.18. The molecule has 0 bridgehead atoms. The van der Waals surface area contributed by atoms with Crippen LogP contribution in [0.4, 0.5) is 11.4 Å². The summed E-state index contributed by atoms with van der Waals surface area (Å²) in [6, 6.07) is 3.22. The summed E-state index contributed by atoms with van der Waals surface area (Å²) in [4.78, 5) is 15.1. The van der Waals surface area contributed by atoms with Crippen molar-refractivity contribution in [1.82, 2.24) is 4.98 Å². The predicted molar refractivity (Wildman–Crippen MR) is 82.0 cm³/mol. The van der Waals surface area contributed by atoms with Crippen molar-refractivity contribution in [2.75, 3.05) is 25.6 Å². The van der Waals surface area contributed by atoms with E-state index in [1.54, 1.807) is 6.07 Å². The first-order valence-corrected chi connectivity index (χ1v) is 7.29. The van der Waals surface area contributed by atoms with Crippen LogP contribution >= 0.6 is 11.3 Å². The third-order valence-corrected chi connectivity index (χ3v) is 3.90. The maximum atomic E-state index is 11.2. The number of rotatable bonds is 7. The van der Waals surface area contributed by atoms with Crippen molar-refractivity contribution in [2.24, 2.45) is 0 Å². The van der Waals surface area contributed by atoms with Crippen LogP contribution in [0.15, 0.2) is 12.1 Å². The number of benzene rings is 1. The van der Waals surface area contributed by atoms with E-state index >= 15 is 0 Å². The standard InChI is InChI=1S/C13H17N3O4S/c1-8-15-11-5-10(14-4-3-9(17)7-20-2)12(16(18)19)6-13(11)21-8/h5-6,9,14,17H,3-4,7H2,1-2H3. The summed E-state index contributed by atoms with van der Waals surface area (Å²) in [5.41, 5.74) is 1.18. The molecule has 1 atom stereocenters. The minimum Gasteiger partial charge on any atom is -0.391 e. The first-order chi connectivity index (χ1) is 10.0. The second-order valence-corrected chi connectivity index (χ2v) is 5.89. The van der Waals surface area contributed by atoms with Gasteiger partial charge in [0.05, 0.1) is 32.9 Å². The van der Waals surface area contributed by atoms with Gasteiger partial charge in [-0.15, -0.1) is 11.3 Å². The number of aliphatic hydroxyl groups excluding tert-OH is 1. The molecule has 0 aliphatic heterocycles. The second kappa shape index (κ2) is 6.79. The van der Waals surface area contributed by atoms with Crippen LogP contribution in [0.2, 0.25) is 0 Å². The number of nitrogens with zero attached hydrogens (tertiary/aromatic N) is 2. The quantitative estimate of drug-likeness (QED) is 0.601. The lowest BCUT2D eigenvalue weighted by molar-refractivity contribution is -0.383. The Bertz CT molecular complexity index is 644. The Labute approximate surface area is 125 Å². The molecule has 21 heavy (non-hydrogen) atoms. The van der Waals surface area contributed by atoms with Crippen LogP contribution in [-0.2, 0) is 4.74 Å². The molecule has 2 aromatic rings. The summed E-state index contributed by atoms with van der Waals surface area (Å²) in [6.45, 7) is 2.53. The Kier molecular flexibility index (Phi) is 5.05. The van der Waals surface area contributed by atoms with Gasteiger partial charge < -0.3 is 15.2 Å². The Morgan fingerprint density at radius 1 is 1.57 bits per heavy atom. The maximum absolute atomic E-state index is 11.2. The van der Waals surface area contributed by atoms with Crippen LogP contribution in [0.3, 0.4) is 0 Å². The average Bonchev–Trinajstić information content (AvgIpc) is 2.77. The lowest BCUT2D eigenvalue weighted by Gasteiger charge is -2.11. The van der Waals surface area contributed by atoms with E-state index in [0.29, 0.717) is 18.7 Å². The summed E-state index contributed by atoms with van der Waals surface area (Å²) >= 11 is 1.43. The van der Waals surface area contributed by atoms with Gasteiger partial charge in [-0.05, 0) is 19.4 Å². The zero-order chi connectivity index (χ0) is 15.4. The fourth-order valence-corrected chi connectivity index (χ4v) is 2.86. The zero-order valence-corrected chi connectivity index (χ0v) is 12.6. The number of thiazole rings is 1. The zero-order valence-electron chi connectivity index (χ0n) is 11.8. The van der Waals surface area contributed by atoms with E-state index in [4.69, 9.17) is 4.74 Å². The number of aryl methyl sites for hydroxylation is 1. The minimum atomic E-state index is -0.591. The number of aliphatic hydroxyl groups is 1. The topological polar surface area (TPSA) is 97.5 Å². The molecule has 0 fully saturated rings. The van der Waals surface area contributed by atoms with E-state index in [0.717, 1.165) is 15.2 Å². The van der Waals surface area contributed by atoms with Crippen molar-refractivity contribution in [3.05, 3.63) is 27.3 Å². The fourth-order valence-electron chi connectivity index (χ4n) is 2.02. The van der Waals surface area contributed by atoms with Crippen molar-refractivity contribution < 1.29 is 14.8 Å². The van der Waals surface area contributed by atoms with Gasteiger partial charge >= 0.3 is 0 Å². The second-order valence-electron chi connectivity index (χ2n) is 4.65. The monoisotopic (exact) mass is 311 g/mol. The molecule has 1 unspecified atom stereocenters. The number of anilines is 1. The molecule has 0 amide bonds. The lowest BCUT2D eigenvalue weighted by atomic mass is 10.2. The molecule has 0 aliphatic carbocycles. The number of methoxy groups -OCH3 is 1. The van der Waals surface area contributed by atoms with Crippen LogP contribution in [0.1, 0.15) is 11.4 Å². The third kappa shape index (κ3) is 3.87. The van der Waals surface area contributed by atoms with Crippen molar-refractivity contribution >= 4 is 32.9 Å². The van der Waals surface area contributed by atoms with Gasteiger partial charge in [0.2, 0.25) is 0 Å². The molecule has 0 radical (unpaired) electrons. The molecular formula is C13H17N3O4S. The van der Waals surface area contributed by atoms with E-state index < -0.39 is 11.0 Å². The predicted octanol–water partition coefficient (Wildman–Crippen LogP) is 2.32. The molecule has 8 heteroatoms. The summed E-state index contributed by atoms with van der Waals surface area (Å²) in [6.07, 6.45) is -0.147. The molecular weight excluding hydrogens is 294 g/mol. The van der Waals surface area contributed by atoms with E-state index in [1.807, 2.05) is 6.92 Å². The van der Waals surface area contributed by atoms with Gasteiger partial charge in [0.1, 0.15) is 5.69 Å². The Morgan fingerprint density at radius 3 is 3.00 bits per heavy atom. The van der Waals surface area contributed by atoms with Crippen molar-refractivity contribution in [1.29, 1.82) is 0 Å². The van der Waals surface area contributed by atoms with Gasteiger partial charge in [0, 0.05) is 19.7 Å². The molecule has 0 aliphatic rings. The average molecular weight is 311 g/mol. The Hall–Kier alpha value is -1.77. The molecule has 2 N–H and O–H groups in total. The van der Waals surface area contributed by atoms with Gasteiger partial charge in [-0.1, -0.05) is 0 Å². The normalized spacial score (nSPS) is 12.5. The minimum absolute atomic E-state index is 0.0207. The van der Waals surface area contributed by atoms with E-state index in [-0.39, 0.29) is 12.3 Å². The highest BCUT2D eigenvalue weighted by Crippen LogP contribution is 2.32. The van der Waals surface area contributed by atoms with Gasteiger partial charge in [-0.2, -0.15) is 0 Å². The third-order valence-electron chi connectivity index (χ3n) is 2.96. The molecule has 1 aromatic heterocycles. The molecule has 2 rings (SSSR count). The van der Waals surface area contributed by atoms with Gasteiger partial charge in [-0.25, -0.2) is 4.98 Å². The smallest absolute Gasteiger partial charge is 0.293 e. The fraction of sp³-hybridized carbons (Fsp3) is 0.462. The van der Waals surface area contributed by atoms with Crippen molar-refractivity contribution in [3.8, 4) is 0 Å². The maximum Gasteiger partial charge on any atom is 0.293 e. The molecule has 1 aromatic carbocycles. The van der Waals surface area contributed by atoms with E-state index in [1.165, 1.54) is 24.5 Å². The van der Waals surface area contributed by atoms with E-state index in [2.05, 4.69) is 10.3 Å². The summed E-state index contributed by atoms with van der Waals surface area (Å²) in [5.74, 6) is 0. The molecule has 0 spiro atoms. The molecule has 7 nitrogen and oxygen atoms in total. The molecule has 0 saturated carbocycles. The summed E-state index contributed by atoms with van der Waals surface area (Å²) < 4.78 is 5.63. The SMILES string of the molecule is COCC(O)CCNc1cc2nc(C)sc2cc1[N+](=O)[O-]. The molecule has 114 valence electrons. The van der Waals surface area contributed by atoms with Crippen LogP contribution in [-0.4, -0.2) is 41.4 Å². The highest BCUT2D eigenvalue weighted by Gasteiger charge is 2.17. The highest BCUT2D eigenvalue weighted by molar-refractivity contribution is 7.18. The van der Waals surface area contributed by atoms with Crippen LogP contribution in [0.25, 0.3) is 10.2 Å². The number of hydrogen-bond donors (Lipinski definition) is 2. The highest BCUT2D eigenvalue weighted by atomic mass is 32.1. The number of nitrogens with one attached hydrogen (secondary N) is 1. The van der Waals surface area contributed by atoms with Crippen molar-refractivity contribution in [2.45, 2.75) is 19.4 Å². The van der Waals surface area contributed by atoms with Crippen LogP contribution in [0.5, 0.6) is 0 Å². The molecule has 0 saturated heterocycles. The number of aromatic nitrogens is 1. The Balaban J connectivity index is 2.16. The number of fused-ring (bicyclic) bond motifs is 1. The van der Waals surface area contributed by atoms with E-state index in [9.17, 15) is 15.2 Å². The number of nitro groups is 1. The summed E-state index contributed by atoms with van der Waals surface area (Å²) in [5, 5.41) is 24.6. The van der Waals surface area contributed by atoms with Gasteiger partial charge in [-0.3, -0.25) is 10.1 Å². The van der Waals surface area contributed by atoms with Gasteiger partial charge in [0.15, 0.2) is 0 Å². The molecule has 1 heterocycles.